The van der Waals surface area contributed by atoms with Gasteiger partial charge in [-0.05, 0) is 44.0 Å². The summed E-state index contributed by atoms with van der Waals surface area (Å²) >= 11 is 1.49. The Bertz CT molecular complexity index is 935. The van der Waals surface area contributed by atoms with Gasteiger partial charge in [-0.15, -0.1) is 0 Å². The summed E-state index contributed by atoms with van der Waals surface area (Å²) < 4.78 is 26.7. The van der Waals surface area contributed by atoms with Crippen LogP contribution in [0.25, 0.3) is 11.1 Å². The number of carbonyl (C=O) groups is 1. The van der Waals surface area contributed by atoms with Crippen molar-refractivity contribution in [2.24, 2.45) is 0 Å². The van der Waals surface area contributed by atoms with Crippen LogP contribution in [-0.4, -0.2) is 46.9 Å². The lowest BCUT2D eigenvalue weighted by Crippen LogP contribution is -2.58. The minimum absolute atomic E-state index is 0.118. The Morgan fingerprint density at radius 1 is 1.07 bits per heavy atom. The fraction of sp³-hybridized carbons (Fsp3) is 0.350. The number of thioether (sulfide) groups is 1. The second-order valence-electron chi connectivity index (χ2n) is 7.20. The van der Waals surface area contributed by atoms with E-state index in [2.05, 4.69) is 0 Å². The Morgan fingerprint density at radius 2 is 1.59 bits per heavy atom. The molecule has 0 radical (unpaired) electrons. The molecule has 1 aliphatic heterocycles. The Labute approximate surface area is 164 Å². The lowest BCUT2D eigenvalue weighted by Gasteiger charge is -2.42. The molecule has 1 N–H and O–H groups in total. The van der Waals surface area contributed by atoms with Crippen LogP contribution in [0.4, 0.5) is 0 Å². The summed E-state index contributed by atoms with van der Waals surface area (Å²) in [7, 11) is -3.89. The van der Waals surface area contributed by atoms with Crippen LogP contribution in [0.2, 0.25) is 0 Å². The van der Waals surface area contributed by atoms with Gasteiger partial charge in [0.2, 0.25) is 10.0 Å². The highest BCUT2D eigenvalue weighted by Crippen LogP contribution is 2.38. The minimum Gasteiger partial charge on any atom is -0.480 e. The van der Waals surface area contributed by atoms with Gasteiger partial charge in [-0.2, -0.15) is 16.1 Å². The SMILES string of the molecule is Cc1ccc(-c2ccc(S(=O)(=O)N3CCSC(C)(C)[C@@H]3C(=O)O)cc2)cc1. The molecule has 0 aliphatic carbocycles. The maximum Gasteiger partial charge on any atom is 0.323 e. The molecule has 1 fully saturated rings. The van der Waals surface area contributed by atoms with Crippen molar-refractivity contribution in [3.63, 3.8) is 0 Å². The highest BCUT2D eigenvalue weighted by atomic mass is 32.2. The Morgan fingerprint density at radius 3 is 2.11 bits per heavy atom. The molecule has 0 amide bonds. The number of benzene rings is 2. The molecule has 0 bridgehead atoms. The number of rotatable bonds is 4. The summed E-state index contributed by atoms with van der Waals surface area (Å²) in [6.07, 6.45) is 0. The van der Waals surface area contributed by atoms with Gasteiger partial charge in [0, 0.05) is 17.0 Å². The van der Waals surface area contributed by atoms with Crippen molar-refractivity contribution >= 4 is 27.8 Å². The molecule has 2 aromatic carbocycles. The molecule has 7 heteroatoms. The van der Waals surface area contributed by atoms with Crippen LogP contribution in [0, 0.1) is 6.92 Å². The topological polar surface area (TPSA) is 74.7 Å². The fourth-order valence-electron chi connectivity index (χ4n) is 3.33. The van der Waals surface area contributed by atoms with Crippen LogP contribution in [0.1, 0.15) is 19.4 Å². The maximum absolute atomic E-state index is 13.1. The van der Waals surface area contributed by atoms with Gasteiger partial charge in [0.1, 0.15) is 6.04 Å². The molecule has 5 nitrogen and oxygen atoms in total. The molecular weight excluding hydrogens is 382 g/mol. The third-order valence-electron chi connectivity index (χ3n) is 4.81. The Kier molecular flexibility index (Phi) is 5.38. The van der Waals surface area contributed by atoms with E-state index >= 15 is 0 Å². The van der Waals surface area contributed by atoms with Gasteiger partial charge >= 0.3 is 5.97 Å². The summed E-state index contributed by atoms with van der Waals surface area (Å²) in [5, 5.41) is 9.65. The quantitative estimate of drug-likeness (QED) is 0.841. The molecule has 0 unspecified atom stereocenters. The zero-order valence-electron chi connectivity index (χ0n) is 15.5. The molecule has 1 heterocycles. The highest BCUT2D eigenvalue weighted by molar-refractivity contribution is 8.00. The van der Waals surface area contributed by atoms with E-state index in [9.17, 15) is 18.3 Å². The van der Waals surface area contributed by atoms with Gasteiger partial charge in [0.15, 0.2) is 0 Å². The predicted octanol–water partition coefficient (Wildman–Crippen LogP) is 3.63. The zero-order valence-corrected chi connectivity index (χ0v) is 17.2. The summed E-state index contributed by atoms with van der Waals surface area (Å²) in [6.45, 7) is 5.75. The van der Waals surface area contributed by atoms with Crippen LogP contribution < -0.4 is 0 Å². The van der Waals surface area contributed by atoms with Gasteiger partial charge in [-0.1, -0.05) is 42.0 Å². The van der Waals surface area contributed by atoms with Crippen molar-refractivity contribution in [3.8, 4) is 11.1 Å². The normalized spacial score (nSPS) is 20.3. The Balaban J connectivity index is 1.94. The summed E-state index contributed by atoms with van der Waals surface area (Å²) in [5.41, 5.74) is 3.07. The molecule has 144 valence electrons. The number of hydrogen-bond donors (Lipinski definition) is 1. The number of aryl methyl sites for hydroxylation is 1. The number of sulfonamides is 1. The molecule has 0 spiro atoms. The van der Waals surface area contributed by atoms with Crippen LogP contribution in [0.3, 0.4) is 0 Å². The zero-order chi connectivity index (χ0) is 19.8. The third kappa shape index (κ3) is 3.90. The van der Waals surface area contributed by atoms with Crippen LogP contribution in [0.5, 0.6) is 0 Å². The molecule has 0 aromatic heterocycles. The molecule has 2 aromatic rings. The first-order valence-corrected chi connectivity index (χ1v) is 11.1. The number of aliphatic carboxylic acids is 1. The van der Waals surface area contributed by atoms with Crippen molar-refractivity contribution in [3.05, 3.63) is 54.1 Å². The van der Waals surface area contributed by atoms with E-state index in [4.69, 9.17) is 0 Å². The van der Waals surface area contributed by atoms with E-state index in [1.165, 1.54) is 11.8 Å². The maximum atomic E-state index is 13.1. The van der Waals surface area contributed by atoms with Crippen molar-refractivity contribution in [2.45, 2.75) is 36.5 Å². The standard InChI is InChI=1S/C20H23NO4S2/c1-14-4-6-15(7-5-14)16-8-10-17(11-9-16)27(24,25)21-12-13-26-20(2,3)18(21)19(22)23/h4-11,18H,12-13H2,1-3H3,(H,22,23)/t18-/m0/s1. The van der Waals surface area contributed by atoms with E-state index in [0.717, 1.165) is 21.0 Å². The van der Waals surface area contributed by atoms with Gasteiger partial charge in [0.05, 0.1) is 4.90 Å². The number of nitrogens with zero attached hydrogens (tertiary/aromatic N) is 1. The van der Waals surface area contributed by atoms with E-state index in [0.29, 0.717) is 5.75 Å². The highest BCUT2D eigenvalue weighted by Gasteiger charge is 2.48. The van der Waals surface area contributed by atoms with E-state index in [1.807, 2.05) is 31.2 Å². The molecule has 0 saturated carbocycles. The largest absolute Gasteiger partial charge is 0.480 e. The van der Waals surface area contributed by atoms with Crippen LogP contribution >= 0.6 is 11.8 Å². The Hall–Kier alpha value is -1.83. The van der Waals surface area contributed by atoms with Crippen LogP contribution in [-0.2, 0) is 14.8 Å². The number of carboxylic acid groups (broad SMARTS) is 1. The first-order valence-electron chi connectivity index (χ1n) is 8.69. The van der Waals surface area contributed by atoms with Crippen molar-refractivity contribution in [1.82, 2.24) is 4.31 Å². The summed E-state index contributed by atoms with van der Waals surface area (Å²) in [5.74, 6) is -0.552. The molecule has 1 atom stereocenters. The molecule has 3 rings (SSSR count). The summed E-state index contributed by atoms with van der Waals surface area (Å²) in [4.78, 5) is 11.9. The molecule has 1 saturated heterocycles. The predicted molar refractivity (Wildman–Crippen MR) is 108 cm³/mol. The second kappa shape index (κ2) is 7.30. The first-order chi connectivity index (χ1) is 12.6. The van der Waals surface area contributed by atoms with E-state index in [1.54, 1.807) is 38.1 Å². The van der Waals surface area contributed by atoms with Gasteiger partial charge < -0.3 is 5.11 Å². The first kappa shape index (κ1) is 19.9. The van der Waals surface area contributed by atoms with Gasteiger partial charge in [-0.25, -0.2) is 8.42 Å². The van der Waals surface area contributed by atoms with Gasteiger partial charge in [0.25, 0.3) is 0 Å². The monoisotopic (exact) mass is 405 g/mol. The second-order valence-corrected chi connectivity index (χ2v) is 10.8. The van der Waals surface area contributed by atoms with Crippen molar-refractivity contribution in [1.29, 1.82) is 0 Å². The van der Waals surface area contributed by atoms with Gasteiger partial charge in [-0.3, -0.25) is 4.79 Å². The number of carboxylic acids is 1. The van der Waals surface area contributed by atoms with Crippen LogP contribution in [0.15, 0.2) is 53.4 Å². The molecule has 1 aliphatic rings. The molecular formula is C20H23NO4S2. The van der Waals surface area contributed by atoms with Crippen molar-refractivity contribution in [2.75, 3.05) is 12.3 Å². The van der Waals surface area contributed by atoms with Crippen molar-refractivity contribution < 1.29 is 18.3 Å². The lowest BCUT2D eigenvalue weighted by molar-refractivity contribution is -0.142. The smallest absolute Gasteiger partial charge is 0.323 e. The lowest BCUT2D eigenvalue weighted by atomic mass is 10.0. The van der Waals surface area contributed by atoms with E-state index < -0.39 is 26.8 Å². The fourth-order valence-corrected chi connectivity index (χ4v) is 6.43. The summed E-state index contributed by atoms with van der Waals surface area (Å²) in [6, 6.07) is 13.5. The minimum atomic E-state index is -3.89. The van der Waals surface area contributed by atoms with E-state index in [-0.39, 0.29) is 11.4 Å². The number of hydrogen-bond acceptors (Lipinski definition) is 4. The molecule has 27 heavy (non-hydrogen) atoms. The average Bonchev–Trinajstić information content (AvgIpc) is 2.61. The third-order valence-corrected chi connectivity index (χ3v) is 8.04. The average molecular weight is 406 g/mol.